The van der Waals surface area contributed by atoms with Crippen LogP contribution in [0.15, 0.2) is 58.2 Å². The second kappa shape index (κ2) is 10.1. The average molecular weight is 426 g/mol. The van der Waals surface area contributed by atoms with E-state index in [1.165, 1.54) is 11.8 Å². The molecule has 1 aromatic heterocycles. The molecule has 3 aromatic rings. The standard InChI is InChI=1S/C22H23N3O4S/c1-14(2)12-20(27)23-17-8-4-15(5-9-17)19(26)13-30-22-25-24-21(29-22)16-6-10-18(28-3)11-7-16/h4-11,14H,12-13H2,1-3H3,(H,23,27). The molecule has 1 heterocycles. The first-order chi connectivity index (χ1) is 14.4. The summed E-state index contributed by atoms with van der Waals surface area (Å²) >= 11 is 1.18. The topological polar surface area (TPSA) is 94.3 Å². The van der Waals surface area contributed by atoms with Gasteiger partial charge in [-0.1, -0.05) is 25.6 Å². The molecule has 0 radical (unpaired) electrons. The van der Waals surface area contributed by atoms with Gasteiger partial charge in [0, 0.05) is 23.2 Å². The van der Waals surface area contributed by atoms with E-state index in [1.54, 1.807) is 31.4 Å². The third-order valence-electron chi connectivity index (χ3n) is 4.15. The van der Waals surface area contributed by atoms with Gasteiger partial charge in [-0.15, -0.1) is 10.2 Å². The van der Waals surface area contributed by atoms with Crippen molar-refractivity contribution < 1.29 is 18.7 Å². The molecule has 0 bridgehead atoms. The van der Waals surface area contributed by atoms with Gasteiger partial charge in [-0.25, -0.2) is 0 Å². The minimum atomic E-state index is -0.0655. The quantitative estimate of drug-likeness (QED) is 0.392. The minimum Gasteiger partial charge on any atom is -0.497 e. The first-order valence-electron chi connectivity index (χ1n) is 9.48. The monoisotopic (exact) mass is 425 g/mol. The number of rotatable bonds is 9. The van der Waals surface area contributed by atoms with Crippen LogP contribution < -0.4 is 10.1 Å². The summed E-state index contributed by atoms with van der Waals surface area (Å²) in [6, 6.07) is 14.1. The van der Waals surface area contributed by atoms with Gasteiger partial charge >= 0.3 is 0 Å². The first-order valence-corrected chi connectivity index (χ1v) is 10.5. The number of anilines is 1. The van der Waals surface area contributed by atoms with Gasteiger partial charge in [0.25, 0.3) is 5.22 Å². The number of carbonyl (C=O) groups excluding carboxylic acids is 2. The molecular weight excluding hydrogens is 402 g/mol. The van der Waals surface area contributed by atoms with Crippen molar-refractivity contribution in [3.8, 4) is 17.2 Å². The van der Waals surface area contributed by atoms with Crippen molar-refractivity contribution in [3.63, 3.8) is 0 Å². The molecule has 8 heteroatoms. The van der Waals surface area contributed by atoms with E-state index in [4.69, 9.17) is 9.15 Å². The normalized spacial score (nSPS) is 10.8. The molecule has 0 saturated carbocycles. The van der Waals surface area contributed by atoms with E-state index in [0.29, 0.717) is 28.8 Å². The van der Waals surface area contributed by atoms with Crippen LogP contribution in [0.3, 0.4) is 0 Å². The van der Waals surface area contributed by atoms with Crippen molar-refractivity contribution >= 4 is 29.1 Å². The van der Waals surface area contributed by atoms with Crippen LogP contribution in [-0.2, 0) is 4.79 Å². The van der Waals surface area contributed by atoms with Crippen molar-refractivity contribution in [2.75, 3.05) is 18.2 Å². The second-order valence-corrected chi connectivity index (χ2v) is 7.96. The fourth-order valence-corrected chi connectivity index (χ4v) is 3.31. The third-order valence-corrected chi connectivity index (χ3v) is 4.97. The number of thioether (sulfide) groups is 1. The Labute approximate surface area is 179 Å². The molecular formula is C22H23N3O4S. The smallest absolute Gasteiger partial charge is 0.277 e. The number of Topliss-reactive ketones (excluding diaryl/α,β-unsaturated/α-hetero) is 1. The van der Waals surface area contributed by atoms with E-state index in [9.17, 15) is 9.59 Å². The molecule has 2 aromatic carbocycles. The Hall–Kier alpha value is -3.13. The lowest BCUT2D eigenvalue weighted by molar-refractivity contribution is -0.116. The van der Waals surface area contributed by atoms with Crippen molar-refractivity contribution in [2.24, 2.45) is 5.92 Å². The van der Waals surface area contributed by atoms with Crippen LogP contribution in [0.4, 0.5) is 5.69 Å². The van der Waals surface area contributed by atoms with E-state index in [2.05, 4.69) is 15.5 Å². The number of nitrogens with zero attached hydrogens (tertiary/aromatic N) is 2. The van der Waals surface area contributed by atoms with Gasteiger partial charge in [0.1, 0.15) is 5.75 Å². The fraction of sp³-hybridized carbons (Fsp3) is 0.273. The maximum absolute atomic E-state index is 12.4. The molecule has 0 unspecified atom stereocenters. The van der Waals surface area contributed by atoms with Crippen molar-refractivity contribution in [3.05, 3.63) is 54.1 Å². The van der Waals surface area contributed by atoms with E-state index in [1.807, 2.05) is 38.1 Å². The molecule has 0 saturated heterocycles. The predicted molar refractivity (Wildman–Crippen MR) is 116 cm³/mol. The zero-order valence-electron chi connectivity index (χ0n) is 17.0. The first kappa shape index (κ1) is 21.6. The Bertz CT molecular complexity index is 998. The van der Waals surface area contributed by atoms with Crippen molar-refractivity contribution in [1.82, 2.24) is 10.2 Å². The van der Waals surface area contributed by atoms with Gasteiger partial charge in [-0.3, -0.25) is 9.59 Å². The highest BCUT2D eigenvalue weighted by Gasteiger charge is 2.13. The highest BCUT2D eigenvalue weighted by Crippen LogP contribution is 2.25. The van der Waals surface area contributed by atoms with Crippen LogP contribution >= 0.6 is 11.8 Å². The molecule has 0 aliphatic rings. The molecule has 0 aliphatic heterocycles. The number of aromatic nitrogens is 2. The summed E-state index contributed by atoms with van der Waals surface area (Å²) in [5.74, 6) is 1.48. The average Bonchev–Trinajstić information content (AvgIpc) is 3.21. The number of ether oxygens (including phenoxy) is 1. The zero-order chi connectivity index (χ0) is 21.5. The Balaban J connectivity index is 1.54. The number of methoxy groups -OCH3 is 1. The van der Waals surface area contributed by atoms with Crippen molar-refractivity contribution in [1.29, 1.82) is 0 Å². The lowest BCUT2D eigenvalue weighted by Gasteiger charge is -2.07. The summed E-state index contributed by atoms with van der Waals surface area (Å²) in [6.07, 6.45) is 0.458. The van der Waals surface area contributed by atoms with Gasteiger partial charge in [0.2, 0.25) is 11.8 Å². The number of ketones is 1. The highest BCUT2D eigenvalue weighted by molar-refractivity contribution is 7.99. The van der Waals surface area contributed by atoms with Gasteiger partial charge in [0.15, 0.2) is 5.78 Å². The van der Waals surface area contributed by atoms with Crippen LogP contribution in [0.25, 0.3) is 11.5 Å². The number of amides is 1. The Kier molecular flexibility index (Phi) is 7.24. The van der Waals surface area contributed by atoms with E-state index < -0.39 is 0 Å². The van der Waals surface area contributed by atoms with Crippen LogP contribution in [0.2, 0.25) is 0 Å². The Morgan fingerprint density at radius 1 is 1.07 bits per heavy atom. The second-order valence-electron chi connectivity index (χ2n) is 7.04. The summed E-state index contributed by atoms with van der Waals surface area (Å²) in [5.41, 5.74) is 2.00. The molecule has 0 aliphatic carbocycles. The number of carbonyl (C=O) groups is 2. The number of benzene rings is 2. The highest BCUT2D eigenvalue weighted by atomic mass is 32.2. The number of nitrogens with one attached hydrogen (secondary N) is 1. The van der Waals surface area contributed by atoms with E-state index >= 15 is 0 Å². The molecule has 156 valence electrons. The lowest BCUT2D eigenvalue weighted by atomic mass is 10.1. The molecule has 30 heavy (non-hydrogen) atoms. The summed E-state index contributed by atoms with van der Waals surface area (Å²) < 4.78 is 10.8. The summed E-state index contributed by atoms with van der Waals surface area (Å²) in [4.78, 5) is 24.3. The van der Waals surface area contributed by atoms with Crippen LogP contribution in [0.1, 0.15) is 30.6 Å². The van der Waals surface area contributed by atoms with E-state index in [0.717, 1.165) is 11.3 Å². The minimum absolute atomic E-state index is 0.0382. The Morgan fingerprint density at radius 3 is 2.40 bits per heavy atom. The number of hydrogen-bond donors (Lipinski definition) is 1. The maximum Gasteiger partial charge on any atom is 0.277 e. The summed E-state index contributed by atoms with van der Waals surface area (Å²) in [7, 11) is 1.60. The van der Waals surface area contributed by atoms with Crippen molar-refractivity contribution in [2.45, 2.75) is 25.5 Å². The zero-order valence-corrected chi connectivity index (χ0v) is 17.9. The molecule has 7 nitrogen and oxygen atoms in total. The third kappa shape index (κ3) is 5.93. The SMILES string of the molecule is COc1ccc(-c2nnc(SCC(=O)c3ccc(NC(=O)CC(C)C)cc3)o2)cc1. The largest absolute Gasteiger partial charge is 0.497 e. The van der Waals surface area contributed by atoms with Gasteiger partial charge in [-0.05, 0) is 54.4 Å². The molecule has 0 fully saturated rings. The molecule has 1 amide bonds. The fourth-order valence-electron chi connectivity index (χ4n) is 2.65. The van der Waals surface area contributed by atoms with Crippen LogP contribution in [0, 0.1) is 5.92 Å². The van der Waals surface area contributed by atoms with Crippen LogP contribution in [0.5, 0.6) is 5.75 Å². The maximum atomic E-state index is 12.4. The van der Waals surface area contributed by atoms with Gasteiger partial charge < -0.3 is 14.5 Å². The lowest BCUT2D eigenvalue weighted by Crippen LogP contribution is -2.14. The molecule has 0 spiro atoms. The van der Waals surface area contributed by atoms with Gasteiger partial charge in [-0.2, -0.15) is 0 Å². The van der Waals surface area contributed by atoms with Crippen LogP contribution in [-0.4, -0.2) is 34.8 Å². The summed E-state index contributed by atoms with van der Waals surface area (Å²) in [6.45, 7) is 3.98. The predicted octanol–water partition coefficient (Wildman–Crippen LogP) is 4.70. The van der Waals surface area contributed by atoms with Gasteiger partial charge in [0.05, 0.1) is 12.9 Å². The number of hydrogen-bond acceptors (Lipinski definition) is 7. The molecule has 0 atom stereocenters. The molecule has 1 N–H and O–H groups in total. The summed E-state index contributed by atoms with van der Waals surface area (Å²) in [5, 5.41) is 11.2. The van der Waals surface area contributed by atoms with E-state index in [-0.39, 0.29) is 23.4 Å². The molecule has 3 rings (SSSR count). The Morgan fingerprint density at radius 2 is 1.77 bits per heavy atom.